The van der Waals surface area contributed by atoms with Crippen LogP contribution in [0.1, 0.15) is 15.9 Å². The first kappa shape index (κ1) is 16.9. The number of nitrogens with zero attached hydrogens (tertiary/aromatic N) is 3. The quantitative estimate of drug-likeness (QED) is 0.679. The van der Waals surface area contributed by atoms with Crippen LogP contribution in [0.5, 0.6) is 0 Å². The van der Waals surface area contributed by atoms with Crippen molar-refractivity contribution in [3.8, 4) is 0 Å². The molecule has 0 atom stereocenters. The van der Waals surface area contributed by atoms with E-state index in [0.29, 0.717) is 44.0 Å². The molecule has 0 unspecified atom stereocenters. The van der Waals surface area contributed by atoms with E-state index in [4.69, 9.17) is 5.73 Å². The number of para-hydroxylation sites is 2. The van der Waals surface area contributed by atoms with Gasteiger partial charge < -0.3 is 15.5 Å². The third-order valence-electron chi connectivity index (χ3n) is 4.42. The van der Waals surface area contributed by atoms with Crippen molar-refractivity contribution >= 4 is 17.3 Å². The summed E-state index contributed by atoms with van der Waals surface area (Å²) in [6.07, 6.45) is 0. The Labute approximate surface area is 145 Å². The van der Waals surface area contributed by atoms with E-state index in [1.54, 1.807) is 35.2 Å². The van der Waals surface area contributed by atoms with Gasteiger partial charge in [0.25, 0.3) is 11.6 Å². The molecule has 25 heavy (non-hydrogen) atoms. The van der Waals surface area contributed by atoms with Gasteiger partial charge in [-0.25, -0.2) is 0 Å². The van der Waals surface area contributed by atoms with E-state index in [9.17, 15) is 14.9 Å². The number of carbonyl (C=O) groups is 1. The van der Waals surface area contributed by atoms with Gasteiger partial charge in [-0.05, 0) is 23.8 Å². The smallest absolute Gasteiger partial charge is 0.292 e. The maximum atomic E-state index is 12.6. The summed E-state index contributed by atoms with van der Waals surface area (Å²) >= 11 is 0. The summed E-state index contributed by atoms with van der Waals surface area (Å²) in [6, 6.07) is 14.0. The summed E-state index contributed by atoms with van der Waals surface area (Å²) in [5.74, 6) is -0.0224. The van der Waals surface area contributed by atoms with Crippen LogP contribution in [0, 0.1) is 10.1 Å². The zero-order chi connectivity index (χ0) is 17.8. The molecule has 7 heteroatoms. The fourth-order valence-corrected chi connectivity index (χ4v) is 3.00. The van der Waals surface area contributed by atoms with Gasteiger partial charge in [0.05, 0.1) is 4.92 Å². The van der Waals surface area contributed by atoms with Gasteiger partial charge in [0.1, 0.15) is 5.69 Å². The van der Waals surface area contributed by atoms with Crippen molar-refractivity contribution in [1.82, 2.24) is 4.90 Å². The Hall–Kier alpha value is -2.93. The minimum absolute atomic E-state index is 0.0224. The van der Waals surface area contributed by atoms with Crippen molar-refractivity contribution in [2.75, 3.05) is 31.1 Å². The van der Waals surface area contributed by atoms with E-state index < -0.39 is 0 Å². The van der Waals surface area contributed by atoms with Crippen molar-refractivity contribution in [3.05, 3.63) is 69.8 Å². The molecule has 2 aromatic rings. The van der Waals surface area contributed by atoms with Crippen molar-refractivity contribution < 1.29 is 9.72 Å². The summed E-state index contributed by atoms with van der Waals surface area (Å²) in [6.45, 7) is 2.64. The van der Waals surface area contributed by atoms with E-state index in [2.05, 4.69) is 0 Å². The summed E-state index contributed by atoms with van der Waals surface area (Å²) in [5.41, 5.74) is 7.89. The molecule has 0 spiro atoms. The van der Waals surface area contributed by atoms with Crippen molar-refractivity contribution in [3.63, 3.8) is 0 Å². The lowest BCUT2D eigenvalue weighted by Crippen LogP contribution is -2.48. The molecule has 1 fully saturated rings. The Bertz CT molecular complexity index is 768. The highest BCUT2D eigenvalue weighted by molar-refractivity contribution is 5.94. The predicted octanol–water partition coefficient (Wildman–Crippen LogP) is 2.02. The summed E-state index contributed by atoms with van der Waals surface area (Å²) in [4.78, 5) is 27.1. The van der Waals surface area contributed by atoms with Gasteiger partial charge in [-0.1, -0.05) is 24.3 Å². The molecule has 1 aliphatic rings. The molecule has 0 aromatic heterocycles. The molecule has 0 aliphatic carbocycles. The van der Waals surface area contributed by atoms with Gasteiger partial charge in [-0.15, -0.1) is 0 Å². The maximum Gasteiger partial charge on any atom is 0.292 e. The lowest BCUT2D eigenvalue weighted by molar-refractivity contribution is -0.384. The number of nitrogens with two attached hydrogens (primary N) is 1. The second-order valence-electron chi connectivity index (χ2n) is 5.93. The molecule has 130 valence electrons. The van der Waals surface area contributed by atoms with Gasteiger partial charge >= 0.3 is 0 Å². The highest BCUT2D eigenvalue weighted by Gasteiger charge is 2.25. The second kappa shape index (κ2) is 7.31. The molecule has 7 nitrogen and oxygen atoms in total. The molecule has 3 rings (SSSR count). The standard InChI is InChI=1S/C18H20N4O3/c19-13-14-5-7-15(8-6-14)18(23)21-11-9-20(10-12-21)16-3-1-2-4-17(16)22(24)25/h1-8H,9-13,19H2. The fraction of sp³-hybridized carbons (Fsp3) is 0.278. The van der Waals surface area contributed by atoms with Crippen molar-refractivity contribution in [2.24, 2.45) is 5.73 Å². The first-order chi connectivity index (χ1) is 12.1. The predicted molar refractivity (Wildman–Crippen MR) is 95.5 cm³/mol. The number of piperazine rings is 1. The first-order valence-corrected chi connectivity index (χ1v) is 8.17. The van der Waals surface area contributed by atoms with Crippen molar-refractivity contribution in [2.45, 2.75) is 6.54 Å². The zero-order valence-electron chi connectivity index (χ0n) is 13.8. The molecule has 0 radical (unpaired) electrons. The lowest BCUT2D eigenvalue weighted by Gasteiger charge is -2.35. The van der Waals surface area contributed by atoms with E-state index in [1.807, 2.05) is 17.0 Å². The molecule has 2 N–H and O–H groups in total. The number of anilines is 1. The molecule has 1 heterocycles. The second-order valence-corrected chi connectivity index (χ2v) is 5.93. The fourth-order valence-electron chi connectivity index (χ4n) is 3.00. The molecule has 1 aliphatic heterocycles. The number of benzene rings is 2. The van der Waals surface area contributed by atoms with Crippen LogP contribution < -0.4 is 10.6 Å². The van der Waals surface area contributed by atoms with Crippen molar-refractivity contribution in [1.29, 1.82) is 0 Å². The Kier molecular flexibility index (Phi) is 4.95. The maximum absolute atomic E-state index is 12.6. The largest absolute Gasteiger partial charge is 0.362 e. The number of hydrogen-bond donors (Lipinski definition) is 1. The number of hydrogen-bond acceptors (Lipinski definition) is 5. The molecule has 1 saturated heterocycles. The Morgan fingerprint density at radius 2 is 1.68 bits per heavy atom. The van der Waals surface area contributed by atoms with Crippen LogP contribution in [0.25, 0.3) is 0 Å². The van der Waals surface area contributed by atoms with Crippen LogP contribution in [-0.2, 0) is 6.54 Å². The zero-order valence-corrected chi connectivity index (χ0v) is 13.8. The highest BCUT2D eigenvalue weighted by atomic mass is 16.6. The normalized spacial score (nSPS) is 14.4. The molecular formula is C18H20N4O3. The minimum Gasteiger partial charge on any atom is -0.362 e. The van der Waals surface area contributed by atoms with Gasteiger partial charge in [-0.2, -0.15) is 0 Å². The van der Waals surface area contributed by atoms with Crippen LogP contribution in [-0.4, -0.2) is 41.9 Å². The highest BCUT2D eigenvalue weighted by Crippen LogP contribution is 2.28. The van der Waals surface area contributed by atoms with E-state index in [0.717, 1.165) is 5.56 Å². The SMILES string of the molecule is NCc1ccc(C(=O)N2CCN(c3ccccc3[N+](=O)[O-])CC2)cc1. The number of carbonyl (C=O) groups excluding carboxylic acids is 1. The monoisotopic (exact) mass is 340 g/mol. The average Bonchev–Trinajstić information content (AvgIpc) is 2.67. The van der Waals surface area contributed by atoms with Gasteiger partial charge in [0, 0.05) is 44.4 Å². The summed E-state index contributed by atoms with van der Waals surface area (Å²) in [5, 5.41) is 11.2. The summed E-state index contributed by atoms with van der Waals surface area (Å²) in [7, 11) is 0. The topological polar surface area (TPSA) is 92.7 Å². The van der Waals surface area contributed by atoms with Gasteiger partial charge in [-0.3, -0.25) is 14.9 Å². The number of nitro benzene ring substituents is 1. The number of rotatable bonds is 4. The van der Waals surface area contributed by atoms with Crippen LogP contribution in [0.2, 0.25) is 0 Å². The molecule has 0 saturated carbocycles. The lowest BCUT2D eigenvalue weighted by atomic mass is 10.1. The van der Waals surface area contributed by atoms with E-state index in [1.165, 1.54) is 6.07 Å². The Morgan fingerprint density at radius 1 is 1.04 bits per heavy atom. The third kappa shape index (κ3) is 3.61. The minimum atomic E-state index is -0.369. The molecular weight excluding hydrogens is 320 g/mol. The average molecular weight is 340 g/mol. The molecule has 0 bridgehead atoms. The number of amides is 1. The molecule has 1 amide bonds. The van der Waals surface area contributed by atoms with Crippen LogP contribution in [0.4, 0.5) is 11.4 Å². The number of nitro groups is 1. The van der Waals surface area contributed by atoms with Crippen LogP contribution in [0.3, 0.4) is 0 Å². The first-order valence-electron chi connectivity index (χ1n) is 8.17. The Balaban J connectivity index is 1.67. The van der Waals surface area contributed by atoms with E-state index in [-0.39, 0.29) is 16.5 Å². The third-order valence-corrected chi connectivity index (χ3v) is 4.42. The van der Waals surface area contributed by atoms with Crippen LogP contribution in [0.15, 0.2) is 48.5 Å². The summed E-state index contributed by atoms with van der Waals surface area (Å²) < 4.78 is 0. The van der Waals surface area contributed by atoms with Crippen LogP contribution >= 0.6 is 0 Å². The van der Waals surface area contributed by atoms with Gasteiger partial charge in [0.15, 0.2) is 0 Å². The molecule has 2 aromatic carbocycles. The Morgan fingerprint density at radius 3 is 2.28 bits per heavy atom. The van der Waals surface area contributed by atoms with E-state index >= 15 is 0 Å². The van der Waals surface area contributed by atoms with Gasteiger partial charge in [0.2, 0.25) is 0 Å².